The van der Waals surface area contributed by atoms with Crippen molar-refractivity contribution in [2.45, 2.75) is 31.8 Å². The van der Waals surface area contributed by atoms with Gasteiger partial charge in [-0.15, -0.1) is 5.10 Å². The SMILES string of the molecule is COc1cccc(F)c1-c1cc(C)ncc1C(=O)Nc1nnc(OCc2ccc(C3(C#N)CC3)cn2)s1. The molecule has 0 saturated heterocycles. The Hall–Kier alpha value is -4.43. The first-order valence-electron chi connectivity index (χ1n) is 11.4. The van der Waals surface area contributed by atoms with Crippen molar-refractivity contribution in [1.82, 2.24) is 20.2 Å². The zero-order chi connectivity index (χ0) is 26.0. The molecule has 1 aliphatic rings. The molecule has 37 heavy (non-hydrogen) atoms. The Labute approximate surface area is 216 Å². The monoisotopic (exact) mass is 516 g/mol. The van der Waals surface area contributed by atoms with E-state index in [0.29, 0.717) is 22.7 Å². The van der Waals surface area contributed by atoms with Crippen LogP contribution >= 0.6 is 11.3 Å². The topological polar surface area (TPSA) is 123 Å². The molecule has 1 saturated carbocycles. The highest BCUT2D eigenvalue weighted by atomic mass is 32.1. The van der Waals surface area contributed by atoms with E-state index in [4.69, 9.17) is 9.47 Å². The molecule has 1 fully saturated rings. The molecule has 4 aromatic rings. The number of anilines is 1. The Balaban J connectivity index is 1.28. The summed E-state index contributed by atoms with van der Waals surface area (Å²) in [6.45, 7) is 1.91. The number of carbonyl (C=O) groups excluding carboxylic acids is 1. The predicted octanol–water partition coefficient (Wildman–Crippen LogP) is 4.84. The van der Waals surface area contributed by atoms with Gasteiger partial charge in [0.2, 0.25) is 5.13 Å². The molecule has 1 aromatic carbocycles. The second-order valence-corrected chi connectivity index (χ2v) is 9.48. The van der Waals surface area contributed by atoms with E-state index in [1.165, 1.54) is 25.4 Å². The fourth-order valence-corrected chi connectivity index (χ4v) is 4.48. The fraction of sp³-hybridized carbons (Fsp3) is 0.231. The van der Waals surface area contributed by atoms with Gasteiger partial charge in [-0.25, -0.2) is 4.39 Å². The molecule has 0 bridgehead atoms. The molecule has 0 aliphatic heterocycles. The maximum absolute atomic E-state index is 14.8. The Morgan fingerprint density at radius 1 is 1.22 bits per heavy atom. The molecular formula is C26H21FN6O3S. The highest BCUT2D eigenvalue weighted by molar-refractivity contribution is 7.17. The van der Waals surface area contributed by atoms with Gasteiger partial charge in [-0.3, -0.25) is 20.1 Å². The Morgan fingerprint density at radius 3 is 2.76 bits per heavy atom. The summed E-state index contributed by atoms with van der Waals surface area (Å²) in [6, 6.07) is 12.2. The number of rotatable bonds is 8. The molecule has 9 nitrogen and oxygen atoms in total. The number of nitrogens with zero attached hydrogens (tertiary/aromatic N) is 5. The lowest BCUT2D eigenvalue weighted by Crippen LogP contribution is -2.14. The zero-order valence-electron chi connectivity index (χ0n) is 20.0. The van der Waals surface area contributed by atoms with E-state index < -0.39 is 11.7 Å². The maximum atomic E-state index is 14.8. The van der Waals surface area contributed by atoms with Crippen LogP contribution in [0.3, 0.4) is 0 Å². The summed E-state index contributed by atoms with van der Waals surface area (Å²) in [5.41, 5.74) is 2.49. The molecule has 0 spiro atoms. The van der Waals surface area contributed by atoms with Gasteiger partial charge in [0.1, 0.15) is 18.2 Å². The van der Waals surface area contributed by atoms with Crippen LogP contribution in [0.5, 0.6) is 10.9 Å². The van der Waals surface area contributed by atoms with E-state index in [0.717, 1.165) is 29.7 Å². The van der Waals surface area contributed by atoms with Crippen LogP contribution in [-0.4, -0.2) is 33.2 Å². The standard InChI is InChI=1S/C26H21FN6O3S/c1-15-10-18(22-20(27)4-3-5-21(22)35-2)19(12-29-15)23(34)31-24-32-33-25(37-24)36-13-17-7-6-16(11-30-17)26(14-28)8-9-26/h3-7,10-12H,8-9,13H2,1-2H3,(H,31,32,34). The summed E-state index contributed by atoms with van der Waals surface area (Å²) < 4.78 is 25.8. The number of methoxy groups -OCH3 is 1. The molecule has 5 rings (SSSR count). The molecule has 1 amide bonds. The summed E-state index contributed by atoms with van der Waals surface area (Å²) in [6.07, 6.45) is 4.80. The number of ether oxygens (including phenoxy) is 2. The minimum atomic E-state index is -0.528. The largest absolute Gasteiger partial charge is 0.496 e. The highest BCUT2D eigenvalue weighted by Crippen LogP contribution is 2.47. The number of pyridine rings is 2. The van der Waals surface area contributed by atoms with Crippen molar-refractivity contribution < 1.29 is 18.7 Å². The van der Waals surface area contributed by atoms with Crippen LogP contribution in [0.1, 0.15) is 40.2 Å². The van der Waals surface area contributed by atoms with E-state index in [1.807, 2.05) is 12.1 Å². The van der Waals surface area contributed by atoms with E-state index in [9.17, 15) is 14.4 Å². The number of hydrogen-bond acceptors (Lipinski definition) is 9. The van der Waals surface area contributed by atoms with Crippen molar-refractivity contribution in [3.63, 3.8) is 0 Å². The molecule has 0 atom stereocenters. The van der Waals surface area contributed by atoms with Gasteiger partial charge < -0.3 is 9.47 Å². The third-order valence-corrected chi connectivity index (χ3v) is 6.81. The first-order valence-corrected chi connectivity index (χ1v) is 12.2. The van der Waals surface area contributed by atoms with Gasteiger partial charge >= 0.3 is 0 Å². The molecule has 1 aliphatic carbocycles. The number of nitriles is 1. The third kappa shape index (κ3) is 4.96. The summed E-state index contributed by atoms with van der Waals surface area (Å²) in [5.74, 6) is -0.751. The summed E-state index contributed by atoms with van der Waals surface area (Å²) >= 11 is 1.05. The quantitative estimate of drug-likeness (QED) is 0.353. The van der Waals surface area contributed by atoms with E-state index >= 15 is 0 Å². The number of hydrogen-bond donors (Lipinski definition) is 1. The minimum absolute atomic E-state index is 0.154. The number of aromatic nitrogens is 4. The fourth-order valence-electron chi connectivity index (χ4n) is 3.89. The van der Waals surface area contributed by atoms with Crippen LogP contribution < -0.4 is 14.8 Å². The smallest absolute Gasteiger partial charge is 0.296 e. The van der Waals surface area contributed by atoms with Crippen LogP contribution in [0, 0.1) is 24.1 Å². The zero-order valence-corrected chi connectivity index (χ0v) is 20.8. The molecule has 186 valence electrons. The molecule has 1 N–H and O–H groups in total. The van der Waals surface area contributed by atoms with Crippen molar-refractivity contribution in [3.05, 3.63) is 77.1 Å². The van der Waals surface area contributed by atoms with Gasteiger partial charge in [0.05, 0.1) is 35.4 Å². The second kappa shape index (κ2) is 9.91. The predicted molar refractivity (Wildman–Crippen MR) is 134 cm³/mol. The lowest BCUT2D eigenvalue weighted by molar-refractivity contribution is 0.102. The number of benzene rings is 1. The van der Waals surface area contributed by atoms with Crippen molar-refractivity contribution in [3.8, 4) is 28.1 Å². The number of halogens is 1. The van der Waals surface area contributed by atoms with Crippen molar-refractivity contribution in [1.29, 1.82) is 5.26 Å². The molecule has 11 heteroatoms. The third-order valence-electron chi connectivity index (χ3n) is 6.06. The second-order valence-electron chi connectivity index (χ2n) is 8.54. The van der Waals surface area contributed by atoms with Gasteiger partial charge in [-0.05, 0) is 60.9 Å². The average Bonchev–Trinajstić information content (AvgIpc) is 3.59. The molecule has 3 heterocycles. The van der Waals surface area contributed by atoms with Crippen LogP contribution in [0.4, 0.5) is 9.52 Å². The molecule has 0 radical (unpaired) electrons. The van der Waals surface area contributed by atoms with Gasteiger partial charge in [0.15, 0.2) is 0 Å². The normalized spacial score (nSPS) is 13.5. The molecule has 0 unspecified atom stereocenters. The van der Waals surface area contributed by atoms with Crippen molar-refractivity contribution >= 4 is 22.4 Å². The van der Waals surface area contributed by atoms with Crippen LogP contribution in [0.25, 0.3) is 11.1 Å². The molecular weight excluding hydrogens is 495 g/mol. The highest BCUT2D eigenvalue weighted by Gasteiger charge is 2.45. The van der Waals surface area contributed by atoms with Gasteiger partial charge in [-0.1, -0.05) is 17.2 Å². The number of aryl methyl sites for hydroxylation is 1. The van der Waals surface area contributed by atoms with Crippen molar-refractivity contribution in [2.75, 3.05) is 12.4 Å². The van der Waals surface area contributed by atoms with E-state index in [-0.39, 0.29) is 33.5 Å². The average molecular weight is 517 g/mol. The minimum Gasteiger partial charge on any atom is -0.496 e. The van der Waals surface area contributed by atoms with Gasteiger partial charge in [-0.2, -0.15) is 5.26 Å². The van der Waals surface area contributed by atoms with Gasteiger partial charge in [0, 0.05) is 23.7 Å². The maximum Gasteiger partial charge on any atom is 0.296 e. The first-order chi connectivity index (χ1) is 17.9. The van der Waals surface area contributed by atoms with Crippen LogP contribution in [0.15, 0.2) is 48.8 Å². The molecule has 3 aromatic heterocycles. The summed E-state index contributed by atoms with van der Waals surface area (Å²) in [4.78, 5) is 21.7. The van der Waals surface area contributed by atoms with E-state index in [2.05, 4.69) is 31.6 Å². The number of nitrogens with one attached hydrogen (secondary N) is 1. The number of carbonyl (C=O) groups is 1. The van der Waals surface area contributed by atoms with Crippen molar-refractivity contribution in [2.24, 2.45) is 0 Å². The Kier molecular flexibility index (Phi) is 6.50. The summed E-state index contributed by atoms with van der Waals surface area (Å²) in [5, 5.41) is 20.4. The van der Waals surface area contributed by atoms with Crippen LogP contribution in [-0.2, 0) is 12.0 Å². The van der Waals surface area contributed by atoms with Crippen LogP contribution in [0.2, 0.25) is 0 Å². The lowest BCUT2D eigenvalue weighted by atomic mass is 9.98. The first kappa shape index (κ1) is 24.3. The Bertz CT molecular complexity index is 1510. The Morgan fingerprint density at radius 2 is 2.05 bits per heavy atom. The van der Waals surface area contributed by atoms with Gasteiger partial charge in [0.25, 0.3) is 11.1 Å². The van der Waals surface area contributed by atoms with E-state index in [1.54, 1.807) is 25.3 Å². The number of amides is 1. The lowest BCUT2D eigenvalue weighted by Gasteiger charge is -2.14. The summed E-state index contributed by atoms with van der Waals surface area (Å²) in [7, 11) is 1.44.